The van der Waals surface area contributed by atoms with Gasteiger partial charge < -0.3 is 11.1 Å². The van der Waals surface area contributed by atoms with Crippen LogP contribution < -0.4 is 11.1 Å². The number of hydrogen-bond donors (Lipinski definition) is 2. The van der Waals surface area contributed by atoms with Crippen LogP contribution in [0.4, 0.5) is 5.69 Å². The number of nitrogens with zero attached hydrogens (tertiary/aromatic N) is 1. The fourth-order valence-corrected chi connectivity index (χ4v) is 2.22. The number of nitrogens with two attached hydrogens (primary N) is 1. The van der Waals surface area contributed by atoms with Crippen molar-refractivity contribution in [3.05, 3.63) is 45.4 Å². The molecule has 1 aromatic carbocycles. The summed E-state index contributed by atoms with van der Waals surface area (Å²) in [6.45, 7) is 1.71. The summed E-state index contributed by atoms with van der Waals surface area (Å²) in [7, 11) is 0. The summed E-state index contributed by atoms with van der Waals surface area (Å²) in [5.74, 6) is 0. The molecule has 3 N–H and O–H groups in total. The van der Waals surface area contributed by atoms with E-state index in [1.54, 1.807) is 11.3 Å². The van der Waals surface area contributed by atoms with E-state index in [0.717, 1.165) is 30.8 Å². The first-order valence-corrected chi connectivity index (χ1v) is 6.69. The average Bonchev–Trinajstić information content (AvgIpc) is 2.82. The largest absolute Gasteiger partial charge is 0.398 e. The van der Waals surface area contributed by atoms with Gasteiger partial charge in [-0.25, -0.2) is 4.98 Å². The minimum Gasteiger partial charge on any atom is -0.398 e. The Morgan fingerprint density at radius 1 is 1.41 bits per heavy atom. The van der Waals surface area contributed by atoms with Crippen molar-refractivity contribution in [3.8, 4) is 0 Å². The number of benzene rings is 1. The molecular formula is C12H14ClN3S. The van der Waals surface area contributed by atoms with Crippen molar-refractivity contribution in [2.75, 3.05) is 12.3 Å². The Kier molecular flexibility index (Phi) is 4.36. The minimum absolute atomic E-state index is 0.608. The molecule has 1 heterocycles. The van der Waals surface area contributed by atoms with Crippen molar-refractivity contribution in [2.24, 2.45) is 0 Å². The standard InChI is InChI=1S/C12H14ClN3S/c13-11-2-1-9(5-12(11)14)6-15-4-3-10-7-17-8-16-10/h1-2,5,7-8,15H,3-4,6,14H2. The van der Waals surface area contributed by atoms with Crippen LogP contribution in [0, 0.1) is 0 Å². The Labute approximate surface area is 110 Å². The lowest BCUT2D eigenvalue weighted by Crippen LogP contribution is -2.16. The summed E-state index contributed by atoms with van der Waals surface area (Å²) in [5.41, 5.74) is 10.5. The SMILES string of the molecule is Nc1cc(CNCCc2cscn2)ccc1Cl. The molecule has 0 aliphatic heterocycles. The number of halogens is 1. The average molecular weight is 268 g/mol. The molecule has 17 heavy (non-hydrogen) atoms. The second kappa shape index (κ2) is 6.00. The molecule has 2 aromatic rings. The van der Waals surface area contributed by atoms with Gasteiger partial charge in [-0.2, -0.15) is 0 Å². The Balaban J connectivity index is 1.76. The summed E-state index contributed by atoms with van der Waals surface area (Å²) < 4.78 is 0. The Hall–Kier alpha value is -1.10. The van der Waals surface area contributed by atoms with Gasteiger partial charge in [-0.15, -0.1) is 11.3 Å². The predicted octanol–water partition coefficient (Wildman–Crippen LogP) is 2.71. The van der Waals surface area contributed by atoms with Gasteiger partial charge in [0.2, 0.25) is 0 Å². The van der Waals surface area contributed by atoms with Gasteiger partial charge in [0.25, 0.3) is 0 Å². The third-order valence-corrected chi connectivity index (χ3v) is 3.41. The van der Waals surface area contributed by atoms with E-state index in [9.17, 15) is 0 Å². The van der Waals surface area contributed by atoms with Gasteiger partial charge in [-0.05, 0) is 17.7 Å². The van der Waals surface area contributed by atoms with E-state index in [0.29, 0.717) is 10.7 Å². The van der Waals surface area contributed by atoms with E-state index in [4.69, 9.17) is 17.3 Å². The topological polar surface area (TPSA) is 50.9 Å². The third kappa shape index (κ3) is 3.70. The van der Waals surface area contributed by atoms with E-state index >= 15 is 0 Å². The predicted molar refractivity (Wildman–Crippen MR) is 73.4 cm³/mol. The smallest absolute Gasteiger partial charge is 0.0794 e. The zero-order valence-electron chi connectivity index (χ0n) is 9.32. The Bertz CT molecular complexity index is 471. The molecule has 0 saturated heterocycles. The van der Waals surface area contributed by atoms with Crippen LogP contribution in [0.25, 0.3) is 0 Å². The molecular weight excluding hydrogens is 254 g/mol. The highest BCUT2D eigenvalue weighted by Crippen LogP contribution is 2.19. The number of anilines is 1. The highest BCUT2D eigenvalue weighted by Gasteiger charge is 1.99. The first kappa shape index (κ1) is 12.4. The molecule has 90 valence electrons. The lowest BCUT2D eigenvalue weighted by atomic mass is 10.2. The lowest BCUT2D eigenvalue weighted by molar-refractivity contribution is 0.682. The van der Waals surface area contributed by atoms with Gasteiger partial charge in [0.15, 0.2) is 0 Å². The zero-order valence-corrected chi connectivity index (χ0v) is 10.9. The van der Waals surface area contributed by atoms with Crippen LogP contribution in [-0.4, -0.2) is 11.5 Å². The second-order valence-corrected chi connectivity index (χ2v) is 4.89. The molecule has 0 radical (unpaired) electrons. The summed E-state index contributed by atoms with van der Waals surface area (Å²) in [5, 5.41) is 6.03. The van der Waals surface area contributed by atoms with Crippen LogP contribution in [-0.2, 0) is 13.0 Å². The van der Waals surface area contributed by atoms with Crippen LogP contribution in [0.2, 0.25) is 5.02 Å². The van der Waals surface area contributed by atoms with E-state index in [1.165, 1.54) is 0 Å². The maximum absolute atomic E-state index is 5.86. The number of nitrogen functional groups attached to an aromatic ring is 1. The first-order valence-electron chi connectivity index (χ1n) is 5.37. The molecule has 5 heteroatoms. The number of nitrogens with one attached hydrogen (secondary N) is 1. The molecule has 0 fully saturated rings. The molecule has 0 aliphatic carbocycles. The van der Waals surface area contributed by atoms with Crippen molar-refractivity contribution in [3.63, 3.8) is 0 Å². The molecule has 2 rings (SSSR count). The molecule has 0 aliphatic rings. The molecule has 1 aromatic heterocycles. The van der Waals surface area contributed by atoms with E-state index in [-0.39, 0.29) is 0 Å². The van der Waals surface area contributed by atoms with E-state index in [1.807, 2.05) is 23.7 Å². The number of aromatic nitrogens is 1. The fraction of sp³-hybridized carbons (Fsp3) is 0.250. The summed E-state index contributed by atoms with van der Waals surface area (Å²) >= 11 is 7.48. The zero-order chi connectivity index (χ0) is 12.1. The quantitative estimate of drug-likeness (QED) is 0.647. The summed E-state index contributed by atoms with van der Waals surface area (Å²) in [4.78, 5) is 4.23. The van der Waals surface area contributed by atoms with Gasteiger partial charge in [0.1, 0.15) is 0 Å². The Morgan fingerprint density at radius 3 is 3.00 bits per heavy atom. The maximum atomic E-state index is 5.86. The van der Waals surface area contributed by atoms with Gasteiger partial charge in [-0.3, -0.25) is 0 Å². The van der Waals surface area contributed by atoms with Crippen molar-refractivity contribution in [1.29, 1.82) is 0 Å². The number of hydrogen-bond acceptors (Lipinski definition) is 4. The number of thiazole rings is 1. The van der Waals surface area contributed by atoms with Gasteiger partial charge in [0.05, 0.1) is 21.9 Å². The molecule has 0 unspecified atom stereocenters. The lowest BCUT2D eigenvalue weighted by Gasteiger charge is -2.05. The molecule has 0 spiro atoms. The van der Waals surface area contributed by atoms with Crippen molar-refractivity contribution in [1.82, 2.24) is 10.3 Å². The molecule has 3 nitrogen and oxygen atoms in total. The van der Waals surface area contributed by atoms with Crippen LogP contribution >= 0.6 is 22.9 Å². The van der Waals surface area contributed by atoms with Crippen molar-refractivity contribution < 1.29 is 0 Å². The molecule has 0 bridgehead atoms. The van der Waals surface area contributed by atoms with Crippen molar-refractivity contribution in [2.45, 2.75) is 13.0 Å². The van der Waals surface area contributed by atoms with E-state index in [2.05, 4.69) is 15.7 Å². The highest BCUT2D eigenvalue weighted by molar-refractivity contribution is 7.07. The fourth-order valence-electron chi connectivity index (χ4n) is 1.51. The molecule has 0 atom stereocenters. The summed E-state index contributed by atoms with van der Waals surface area (Å²) in [6, 6.07) is 5.71. The monoisotopic (exact) mass is 267 g/mol. The second-order valence-electron chi connectivity index (χ2n) is 3.76. The van der Waals surface area contributed by atoms with Crippen LogP contribution in [0.15, 0.2) is 29.1 Å². The van der Waals surface area contributed by atoms with Gasteiger partial charge in [0, 0.05) is 24.9 Å². The molecule has 0 saturated carbocycles. The normalized spacial score (nSPS) is 10.6. The number of rotatable bonds is 5. The summed E-state index contributed by atoms with van der Waals surface area (Å²) in [6.07, 6.45) is 0.951. The van der Waals surface area contributed by atoms with Gasteiger partial charge in [-0.1, -0.05) is 17.7 Å². The van der Waals surface area contributed by atoms with Crippen LogP contribution in [0.5, 0.6) is 0 Å². The molecule has 0 amide bonds. The maximum Gasteiger partial charge on any atom is 0.0794 e. The minimum atomic E-state index is 0.608. The van der Waals surface area contributed by atoms with Crippen LogP contribution in [0.3, 0.4) is 0 Å². The van der Waals surface area contributed by atoms with Gasteiger partial charge >= 0.3 is 0 Å². The first-order chi connectivity index (χ1) is 8.25. The van der Waals surface area contributed by atoms with E-state index < -0.39 is 0 Å². The van der Waals surface area contributed by atoms with Crippen molar-refractivity contribution >= 4 is 28.6 Å². The third-order valence-electron chi connectivity index (χ3n) is 2.43. The highest BCUT2D eigenvalue weighted by atomic mass is 35.5. The Morgan fingerprint density at radius 2 is 2.29 bits per heavy atom. The van der Waals surface area contributed by atoms with Crippen LogP contribution in [0.1, 0.15) is 11.3 Å².